The molecule has 0 fully saturated rings. The Labute approximate surface area is 148 Å². The smallest absolute Gasteiger partial charge is 0.243 e. The summed E-state index contributed by atoms with van der Waals surface area (Å²) in [6.45, 7) is 7.34. The van der Waals surface area contributed by atoms with Crippen molar-refractivity contribution < 1.29 is 13.2 Å². The molecule has 0 spiro atoms. The van der Waals surface area contributed by atoms with Crippen molar-refractivity contribution in [2.75, 3.05) is 10.6 Å². The lowest BCUT2D eigenvalue weighted by molar-refractivity contribution is -0.122. The maximum Gasteiger partial charge on any atom is 0.243 e. The molecule has 0 heterocycles. The highest BCUT2D eigenvalue weighted by Crippen LogP contribution is 2.28. The van der Waals surface area contributed by atoms with Crippen molar-refractivity contribution in [1.82, 2.24) is 5.32 Å². The molecule has 5 nitrogen and oxygen atoms in total. The average Bonchev–Trinajstić information content (AvgIpc) is 2.35. The Morgan fingerprint density at radius 1 is 1.09 bits per heavy atom. The van der Waals surface area contributed by atoms with Crippen molar-refractivity contribution in [2.45, 2.75) is 39.8 Å². The van der Waals surface area contributed by atoms with Crippen LogP contribution in [0.15, 0.2) is 18.2 Å². The zero-order valence-corrected chi connectivity index (χ0v) is 16.1. The Kier molecular flexibility index (Phi) is 6.74. The number of hydrogen-bond acceptors (Lipinski definition) is 3. The van der Waals surface area contributed by atoms with Gasteiger partial charge >= 0.3 is 0 Å². The minimum Gasteiger partial charge on any atom is -0.352 e. The van der Waals surface area contributed by atoms with Gasteiger partial charge in [0.15, 0.2) is 0 Å². The predicted molar refractivity (Wildman–Crippen MR) is 95.7 cm³/mol. The van der Waals surface area contributed by atoms with E-state index in [4.69, 9.17) is 23.2 Å². The van der Waals surface area contributed by atoms with E-state index in [2.05, 4.69) is 5.32 Å². The lowest BCUT2D eigenvalue weighted by Crippen LogP contribution is -2.50. The highest BCUT2D eigenvalue weighted by atomic mass is 35.5. The summed E-state index contributed by atoms with van der Waals surface area (Å²) in [7, 11) is -3.70. The molecule has 1 amide bonds. The average molecular weight is 381 g/mol. The molecule has 0 aliphatic rings. The quantitative estimate of drug-likeness (QED) is 0.822. The molecule has 0 bridgehead atoms. The van der Waals surface area contributed by atoms with E-state index in [-0.39, 0.29) is 23.6 Å². The Balaban J connectivity index is 3.20. The van der Waals surface area contributed by atoms with Crippen molar-refractivity contribution in [1.29, 1.82) is 0 Å². The zero-order valence-electron chi connectivity index (χ0n) is 13.8. The van der Waals surface area contributed by atoms with Gasteiger partial charge in [0.25, 0.3) is 0 Å². The van der Waals surface area contributed by atoms with Gasteiger partial charge in [-0.2, -0.15) is 0 Å². The molecular formula is C15H22Cl2N2O3S. The summed E-state index contributed by atoms with van der Waals surface area (Å²) in [5, 5.41) is 3.41. The van der Waals surface area contributed by atoms with Gasteiger partial charge in [0, 0.05) is 16.1 Å². The Bertz CT molecular complexity index is 657. The second-order valence-electron chi connectivity index (χ2n) is 5.90. The van der Waals surface area contributed by atoms with E-state index in [0.29, 0.717) is 10.0 Å². The first-order valence-corrected chi connectivity index (χ1v) is 9.79. The zero-order chi connectivity index (χ0) is 17.9. The third kappa shape index (κ3) is 5.55. The monoisotopic (exact) mass is 380 g/mol. The maximum absolute atomic E-state index is 12.4. The van der Waals surface area contributed by atoms with Gasteiger partial charge in [0.1, 0.15) is 6.04 Å². The second-order valence-corrected chi connectivity index (χ2v) is 8.64. The van der Waals surface area contributed by atoms with Gasteiger partial charge in [0.05, 0.1) is 11.9 Å². The standard InChI is InChI=1S/C15H22Cl2N2O3S/c1-9(2)10(3)18-15(20)11(4)19(23(5,21)22)14-7-12(16)6-13(17)8-14/h6-11H,1-5H3,(H,18,20)/t10-,11+/m1/s1. The topological polar surface area (TPSA) is 66.5 Å². The van der Waals surface area contributed by atoms with Crippen LogP contribution in [0.1, 0.15) is 27.7 Å². The van der Waals surface area contributed by atoms with Crippen LogP contribution < -0.4 is 9.62 Å². The lowest BCUT2D eigenvalue weighted by atomic mass is 10.1. The predicted octanol–water partition coefficient (Wildman–Crippen LogP) is 3.31. The van der Waals surface area contributed by atoms with Gasteiger partial charge < -0.3 is 5.32 Å². The molecule has 0 aromatic heterocycles. The number of anilines is 1. The largest absolute Gasteiger partial charge is 0.352 e. The third-order valence-corrected chi connectivity index (χ3v) is 5.24. The van der Waals surface area contributed by atoms with E-state index in [1.165, 1.54) is 25.1 Å². The van der Waals surface area contributed by atoms with Crippen molar-refractivity contribution in [3.8, 4) is 0 Å². The summed E-state index contributed by atoms with van der Waals surface area (Å²) in [6, 6.07) is 3.42. The van der Waals surface area contributed by atoms with Gasteiger partial charge in [-0.15, -0.1) is 0 Å². The number of rotatable bonds is 6. The molecule has 130 valence electrons. The van der Waals surface area contributed by atoms with Gasteiger partial charge in [-0.1, -0.05) is 37.0 Å². The number of nitrogens with zero attached hydrogens (tertiary/aromatic N) is 1. The molecular weight excluding hydrogens is 359 g/mol. The van der Waals surface area contributed by atoms with E-state index in [0.717, 1.165) is 10.6 Å². The number of carbonyl (C=O) groups is 1. The molecule has 1 aromatic rings. The number of carbonyl (C=O) groups excluding carboxylic acids is 1. The van der Waals surface area contributed by atoms with Crippen molar-refractivity contribution in [2.24, 2.45) is 5.92 Å². The summed E-state index contributed by atoms with van der Waals surface area (Å²) in [5.74, 6) is -0.147. The molecule has 8 heteroatoms. The summed E-state index contributed by atoms with van der Waals surface area (Å²) in [5.41, 5.74) is 0.254. The maximum atomic E-state index is 12.4. The molecule has 0 saturated carbocycles. The van der Waals surface area contributed by atoms with Crippen LogP contribution >= 0.6 is 23.2 Å². The number of sulfonamides is 1. The summed E-state index contributed by atoms with van der Waals surface area (Å²) < 4.78 is 25.4. The van der Waals surface area contributed by atoms with Crippen LogP contribution in [-0.2, 0) is 14.8 Å². The number of benzene rings is 1. The molecule has 23 heavy (non-hydrogen) atoms. The highest BCUT2D eigenvalue weighted by Gasteiger charge is 2.30. The first-order valence-electron chi connectivity index (χ1n) is 7.19. The summed E-state index contributed by atoms with van der Waals surface area (Å²) in [4.78, 5) is 12.4. The fourth-order valence-corrected chi connectivity index (χ4v) is 3.66. The fraction of sp³-hybridized carbons (Fsp3) is 0.533. The summed E-state index contributed by atoms with van der Waals surface area (Å²) >= 11 is 11.9. The van der Waals surface area contributed by atoms with Crippen molar-refractivity contribution in [3.05, 3.63) is 28.2 Å². The van der Waals surface area contributed by atoms with Crippen LogP contribution in [-0.4, -0.2) is 32.7 Å². The van der Waals surface area contributed by atoms with Crippen LogP contribution in [0.4, 0.5) is 5.69 Å². The number of nitrogens with one attached hydrogen (secondary N) is 1. The molecule has 0 aliphatic carbocycles. The van der Waals surface area contributed by atoms with Crippen LogP contribution in [0.25, 0.3) is 0 Å². The molecule has 0 unspecified atom stereocenters. The molecule has 1 rings (SSSR count). The third-order valence-electron chi connectivity index (χ3n) is 3.56. The molecule has 0 saturated heterocycles. The molecule has 1 aromatic carbocycles. The molecule has 2 atom stereocenters. The second kappa shape index (κ2) is 7.73. The van der Waals surface area contributed by atoms with Gasteiger partial charge in [-0.05, 0) is 38.0 Å². The molecule has 0 radical (unpaired) electrons. The van der Waals surface area contributed by atoms with Crippen LogP contribution in [0.2, 0.25) is 10.0 Å². The Hall–Kier alpha value is -0.980. The van der Waals surface area contributed by atoms with Gasteiger partial charge in [-0.25, -0.2) is 8.42 Å². The van der Waals surface area contributed by atoms with Crippen LogP contribution in [0.5, 0.6) is 0 Å². The van der Waals surface area contributed by atoms with E-state index in [1.807, 2.05) is 20.8 Å². The first-order chi connectivity index (χ1) is 10.4. The number of hydrogen-bond donors (Lipinski definition) is 1. The van der Waals surface area contributed by atoms with Gasteiger partial charge in [0.2, 0.25) is 15.9 Å². The molecule has 0 aliphatic heterocycles. The minimum absolute atomic E-state index is 0.0747. The number of halogens is 2. The van der Waals surface area contributed by atoms with Crippen LogP contribution in [0, 0.1) is 5.92 Å². The van der Waals surface area contributed by atoms with Crippen LogP contribution in [0.3, 0.4) is 0 Å². The van der Waals surface area contributed by atoms with E-state index in [9.17, 15) is 13.2 Å². The lowest BCUT2D eigenvalue weighted by Gasteiger charge is -2.30. The normalized spacial score (nSPS) is 14.4. The summed E-state index contributed by atoms with van der Waals surface area (Å²) in [6.07, 6.45) is 1.04. The number of amides is 1. The fourth-order valence-electron chi connectivity index (χ4n) is 1.99. The molecule has 1 N–H and O–H groups in total. The van der Waals surface area contributed by atoms with Gasteiger partial charge in [-0.3, -0.25) is 9.10 Å². The Morgan fingerprint density at radius 2 is 1.57 bits per heavy atom. The van der Waals surface area contributed by atoms with Crippen molar-refractivity contribution >= 4 is 44.8 Å². The van der Waals surface area contributed by atoms with Crippen molar-refractivity contribution in [3.63, 3.8) is 0 Å². The highest BCUT2D eigenvalue weighted by molar-refractivity contribution is 7.92. The SMILES string of the molecule is CC(C)[C@@H](C)NC(=O)[C@H](C)N(c1cc(Cl)cc(Cl)c1)S(C)(=O)=O. The van der Waals surface area contributed by atoms with E-state index < -0.39 is 16.1 Å². The Morgan fingerprint density at radius 3 is 1.96 bits per heavy atom. The first kappa shape index (κ1) is 20.1. The minimum atomic E-state index is -3.70. The van der Waals surface area contributed by atoms with E-state index in [1.54, 1.807) is 0 Å². The van der Waals surface area contributed by atoms with E-state index >= 15 is 0 Å².